The van der Waals surface area contributed by atoms with E-state index in [1.807, 2.05) is 0 Å². The van der Waals surface area contributed by atoms with E-state index in [2.05, 4.69) is 0 Å². The molecule has 2 rings (SSSR count). The molecular weight excluding hydrogens is 262 g/mol. The second kappa shape index (κ2) is 4.70. The number of nitrogens with two attached hydrogens (primary N) is 1. The van der Waals surface area contributed by atoms with Gasteiger partial charge in [-0.15, -0.1) is 0 Å². The molecular formula is C13H11F4NO. The molecule has 1 aromatic carbocycles. The molecule has 0 fully saturated rings. The van der Waals surface area contributed by atoms with Gasteiger partial charge in [0.15, 0.2) is 0 Å². The highest BCUT2D eigenvalue weighted by Crippen LogP contribution is 2.34. The number of hydrogen-bond donors (Lipinski definition) is 1. The molecule has 0 amide bonds. The summed E-state index contributed by atoms with van der Waals surface area (Å²) in [5.74, 6) is -0.959. The molecule has 0 spiro atoms. The van der Waals surface area contributed by atoms with Gasteiger partial charge in [0.25, 0.3) is 0 Å². The van der Waals surface area contributed by atoms with E-state index in [9.17, 15) is 17.6 Å². The largest absolute Gasteiger partial charge is 0.467 e. The fourth-order valence-corrected chi connectivity index (χ4v) is 1.81. The topological polar surface area (TPSA) is 39.2 Å². The van der Waals surface area contributed by atoms with Crippen LogP contribution >= 0.6 is 0 Å². The standard InChI is InChI=1S/C13H11F4NO/c1-7-4-5-19-12(7)11(18)8-2-3-10(14)9(6-8)13(15,16)17/h2-6,11H,18H2,1H3. The van der Waals surface area contributed by atoms with Crippen LogP contribution in [0.4, 0.5) is 17.6 Å². The van der Waals surface area contributed by atoms with Gasteiger partial charge in [-0.2, -0.15) is 13.2 Å². The van der Waals surface area contributed by atoms with Crippen molar-refractivity contribution in [3.63, 3.8) is 0 Å². The van der Waals surface area contributed by atoms with Gasteiger partial charge >= 0.3 is 6.18 Å². The second-order valence-corrected chi connectivity index (χ2v) is 4.18. The van der Waals surface area contributed by atoms with Crippen LogP contribution in [-0.4, -0.2) is 0 Å². The van der Waals surface area contributed by atoms with Crippen molar-refractivity contribution in [1.82, 2.24) is 0 Å². The molecule has 19 heavy (non-hydrogen) atoms. The van der Waals surface area contributed by atoms with E-state index in [1.165, 1.54) is 12.3 Å². The molecule has 0 saturated heterocycles. The Kier molecular flexibility index (Phi) is 3.36. The minimum atomic E-state index is -4.75. The van der Waals surface area contributed by atoms with Crippen LogP contribution in [0, 0.1) is 12.7 Å². The average molecular weight is 273 g/mol. The Bertz CT molecular complexity index is 589. The molecule has 0 bridgehead atoms. The van der Waals surface area contributed by atoms with Crippen LogP contribution in [0.25, 0.3) is 0 Å². The molecule has 2 nitrogen and oxygen atoms in total. The third-order valence-electron chi connectivity index (χ3n) is 2.84. The number of alkyl halides is 3. The average Bonchev–Trinajstić information content (AvgIpc) is 2.73. The van der Waals surface area contributed by atoms with Gasteiger partial charge in [0.05, 0.1) is 17.9 Å². The number of aryl methyl sites for hydroxylation is 1. The van der Waals surface area contributed by atoms with Gasteiger partial charge in [0.1, 0.15) is 11.6 Å². The zero-order chi connectivity index (χ0) is 14.2. The van der Waals surface area contributed by atoms with Crippen molar-refractivity contribution < 1.29 is 22.0 Å². The van der Waals surface area contributed by atoms with Gasteiger partial charge in [-0.05, 0) is 36.2 Å². The Balaban J connectivity index is 2.44. The third kappa shape index (κ3) is 2.63. The number of rotatable bonds is 2. The van der Waals surface area contributed by atoms with E-state index in [0.717, 1.165) is 11.6 Å². The predicted octanol–water partition coefficient (Wildman–Crippen LogP) is 3.79. The zero-order valence-electron chi connectivity index (χ0n) is 9.96. The molecule has 1 heterocycles. The molecule has 0 radical (unpaired) electrons. The molecule has 102 valence electrons. The summed E-state index contributed by atoms with van der Waals surface area (Å²) in [4.78, 5) is 0. The first-order valence-corrected chi connectivity index (χ1v) is 5.47. The Hall–Kier alpha value is -1.82. The normalized spacial score (nSPS) is 13.6. The first kappa shape index (κ1) is 13.6. The van der Waals surface area contributed by atoms with E-state index < -0.39 is 23.6 Å². The quantitative estimate of drug-likeness (QED) is 0.845. The lowest BCUT2D eigenvalue weighted by atomic mass is 10.0. The molecule has 1 aromatic heterocycles. The highest BCUT2D eigenvalue weighted by Gasteiger charge is 2.34. The van der Waals surface area contributed by atoms with Crippen LogP contribution < -0.4 is 5.73 Å². The van der Waals surface area contributed by atoms with Crippen molar-refractivity contribution >= 4 is 0 Å². The van der Waals surface area contributed by atoms with Crippen molar-refractivity contribution in [2.45, 2.75) is 19.1 Å². The Morgan fingerprint density at radius 1 is 1.21 bits per heavy atom. The minimum absolute atomic E-state index is 0.145. The molecule has 0 aliphatic rings. The fourth-order valence-electron chi connectivity index (χ4n) is 1.81. The molecule has 2 N–H and O–H groups in total. The van der Waals surface area contributed by atoms with Crippen LogP contribution in [0.5, 0.6) is 0 Å². The lowest BCUT2D eigenvalue weighted by molar-refractivity contribution is -0.140. The van der Waals surface area contributed by atoms with Gasteiger partial charge in [-0.25, -0.2) is 4.39 Å². The van der Waals surface area contributed by atoms with Gasteiger partial charge in [-0.3, -0.25) is 0 Å². The maximum absolute atomic E-state index is 13.2. The zero-order valence-corrected chi connectivity index (χ0v) is 9.96. The molecule has 1 unspecified atom stereocenters. The highest BCUT2D eigenvalue weighted by molar-refractivity contribution is 5.34. The van der Waals surface area contributed by atoms with Crippen LogP contribution in [0.2, 0.25) is 0 Å². The van der Waals surface area contributed by atoms with E-state index in [4.69, 9.17) is 10.2 Å². The number of halogens is 4. The lowest BCUT2D eigenvalue weighted by Gasteiger charge is -2.14. The number of furan rings is 1. The fraction of sp³-hybridized carbons (Fsp3) is 0.231. The summed E-state index contributed by atoms with van der Waals surface area (Å²) in [6.07, 6.45) is -3.35. The second-order valence-electron chi connectivity index (χ2n) is 4.18. The molecule has 0 aliphatic heterocycles. The predicted molar refractivity (Wildman–Crippen MR) is 60.9 cm³/mol. The first-order chi connectivity index (χ1) is 8.80. The third-order valence-corrected chi connectivity index (χ3v) is 2.84. The smallest absolute Gasteiger partial charge is 0.419 e. The summed E-state index contributed by atoms with van der Waals surface area (Å²) in [7, 11) is 0. The van der Waals surface area contributed by atoms with Crippen molar-refractivity contribution in [3.8, 4) is 0 Å². The van der Waals surface area contributed by atoms with Crippen molar-refractivity contribution in [2.24, 2.45) is 5.73 Å². The summed E-state index contributed by atoms with van der Waals surface area (Å²) in [5.41, 5.74) is 5.38. The van der Waals surface area contributed by atoms with Crippen LogP contribution in [-0.2, 0) is 6.18 Å². The van der Waals surface area contributed by atoms with Gasteiger partial charge in [0.2, 0.25) is 0 Å². The summed E-state index contributed by atoms with van der Waals surface area (Å²) in [5, 5.41) is 0. The van der Waals surface area contributed by atoms with Crippen molar-refractivity contribution in [2.75, 3.05) is 0 Å². The first-order valence-electron chi connectivity index (χ1n) is 5.47. The lowest BCUT2D eigenvalue weighted by Crippen LogP contribution is -2.15. The molecule has 2 aromatic rings. The van der Waals surface area contributed by atoms with Crippen LogP contribution in [0.15, 0.2) is 34.9 Å². The van der Waals surface area contributed by atoms with Gasteiger partial charge < -0.3 is 10.2 Å². The summed E-state index contributed by atoms with van der Waals surface area (Å²) < 4.78 is 56.1. The number of hydrogen-bond acceptors (Lipinski definition) is 2. The molecule has 0 saturated carbocycles. The van der Waals surface area contributed by atoms with Gasteiger partial charge in [0, 0.05) is 0 Å². The van der Waals surface area contributed by atoms with E-state index in [0.29, 0.717) is 11.8 Å². The van der Waals surface area contributed by atoms with Gasteiger partial charge in [-0.1, -0.05) is 6.07 Å². The Morgan fingerprint density at radius 3 is 2.42 bits per heavy atom. The maximum Gasteiger partial charge on any atom is 0.419 e. The Labute approximate surface area is 106 Å². The monoisotopic (exact) mass is 273 g/mol. The summed E-state index contributed by atoms with van der Waals surface area (Å²) in [6.45, 7) is 1.73. The van der Waals surface area contributed by atoms with E-state index in [-0.39, 0.29) is 5.56 Å². The van der Waals surface area contributed by atoms with Crippen molar-refractivity contribution in [3.05, 3.63) is 58.8 Å². The van der Waals surface area contributed by atoms with Crippen LogP contribution in [0.1, 0.15) is 28.5 Å². The highest BCUT2D eigenvalue weighted by atomic mass is 19.4. The summed E-state index contributed by atoms with van der Waals surface area (Å²) >= 11 is 0. The van der Waals surface area contributed by atoms with E-state index in [1.54, 1.807) is 13.0 Å². The van der Waals surface area contributed by atoms with Crippen molar-refractivity contribution in [1.29, 1.82) is 0 Å². The Morgan fingerprint density at radius 2 is 1.89 bits per heavy atom. The molecule has 1 atom stereocenters. The number of benzene rings is 1. The summed E-state index contributed by atoms with van der Waals surface area (Å²) in [6, 6.07) is 3.48. The maximum atomic E-state index is 13.2. The SMILES string of the molecule is Cc1ccoc1C(N)c1ccc(F)c(C(F)(F)F)c1. The molecule has 0 aliphatic carbocycles. The van der Waals surface area contributed by atoms with Crippen LogP contribution in [0.3, 0.4) is 0 Å². The van der Waals surface area contributed by atoms with E-state index >= 15 is 0 Å². The molecule has 6 heteroatoms. The minimum Gasteiger partial charge on any atom is -0.467 e.